The monoisotopic (exact) mass is 283 g/mol. The molecule has 1 N–H and O–H groups in total. The first-order chi connectivity index (χ1) is 9.34. The Morgan fingerprint density at radius 2 is 2.20 bits per heavy atom. The van der Waals surface area contributed by atoms with Gasteiger partial charge in [-0.05, 0) is 13.8 Å². The summed E-state index contributed by atoms with van der Waals surface area (Å²) in [5, 5.41) is 14.2. The lowest BCUT2D eigenvalue weighted by Gasteiger charge is -2.40. The van der Waals surface area contributed by atoms with Crippen LogP contribution < -0.4 is 15.0 Å². The topological polar surface area (TPSA) is 67.6 Å². The number of anilines is 1. The summed E-state index contributed by atoms with van der Waals surface area (Å²) < 4.78 is 19.1. The van der Waals surface area contributed by atoms with Gasteiger partial charge in [0.15, 0.2) is 11.6 Å². The highest BCUT2D eigenvalue weighted by atomic mass is 19.1. The van der Waals surface area contributed by atoms with Gasteiger partial charge in [0.2, 0.25) is 0 Å². The highest BCUT2D eigenvalue weighted by molar-refractivity contribution is 5.60. The summed E-state index contributed by atoms with van der Waals surface area (Å²) in [7, 11) is 1.34. The van der Waals surface area contributed by atoms with E-state index in [-0.39, 0.29) is 17.0 Å². The molecule has 0 aromatic heterocycles. The molecule has 1 aliphatic rings. The molecule has 2 rings (SSSR count). The fraction of sp³-hybridized carbons (Fsp3) is 0.538. The minimum Gasteiger partial charge on any atom is -0.490 e. The summed E-state index contributed by atoms with van der Waals surface area (Å²) in [4.78, 5) is 12.1. The average Bonchev–Trinajstić information content (AvgIpc) is 2.37. The van der Waals surface area contributed by atoms with Gasteiger partial charge >= 0.3 is 5.69 Å². The lowest BCUT2D eigenvalue weighted by atomic mass is 10.0. The molecule has 1 fully saturated rings. The van der Waals surface area contributed by atoms with Crippen molar-refractivity contribution >= 4 is 11.4 Å². The van der Waals surface area contributed by atoms with Crippen molar-refractivity contribution in [1.29, 1.82) is 0 Å². The highest BCUT2D eigenvalue weighted by Gasteiger charge is 2.29. The maximum atomic E-state index is 14.1. The zero-order chi connectivity index (χ0) is 14.9. The van der Waals surface area contributed by atoms with Gasteiger partial charge in [-0.2, -0.15) is 0 Å². The molecular formula is C13H18FN3O3. The molecule has 110 valence electrons. The Morgan fingerprint density at radius 3 is 2.75 bits per heavy atom. The number of halogens is 1. The van der Waals surface area contributed by atoms with E-state index in [1.54, 1.807) is 0 Å². The summed E-state index contributed by atoms with van der Waals surface area (Å²) in [5.74, 6) is -0.530. The van der Waals surface area contributed by atoms with E-state index in [0.29, 0.717) is 18.8 Å². The molecule has 0 amide bonds. The van der Waals surface area contributed by atoms with Gasteiger partial charge in [-0.1, -0.05) is 0 Å². The van der Waals surface area contributed by atoms with Crippen molar-refractivity contribution in [3.8, 4) is 5.75 Å². The Hall–Kier alpha value is -1.89. The van der Waals surface area contributed by atoms with Gasteiger partial charge in [0.25, 0.3) is 0 Å². The predicted octanol–water partition coefficient (Wildman–Crippen LogP) is 1.93. The fourth-order valence-electron chi connectivity index (χ4n) is 2.43. The van der Waals surface area contributed by atoms with Crippen molar-refractivity contribution < 1.29 is 14.1 Å². The molecule has 0 bridgehead atoms. The van der Waals surface area contributed by atoms with Crippen LogP contribution >= 0.6 is 0 Å². The molecule has 20 heavy (non-hydrogen) atoms. The molecule has 1 heterocycles. The molecule has 1 aromatic rings. The van der Waals surface area contributed by atoms with E-state index >= 15 is 0 Å². The zero-order valence-electron chi connectivity index (χ0n) is 11.8. The molecule has 1 saturated heterocycles. The third kappa shape index (κ3) is 2.82. The van der Waals surface area contributed by atoms with Crippen LogP contribution in [0, 0.1) is 15.9 Å². The smallest absolute Gasteiger partial charge is 0.313 e. The van der Waals surface area contributed by atoms with E-state index < -0.39 is 10.7 Å². The average molecular weight is 283 g/mol. The molecule has 6 nitrogen and oxygen atoms in total. The van der Waals surface area contributed by atoms with E-state index in [1.165, 1.54) is 13.2 Å². The van der Waals surface area contributed by atoms with E-state index in [2.05, 4.69) is 5.32 Å². The first kappa shape index (κ1) is 14.5. The van der Waals surface area contributed by atoms with Crippen LogP contribution in [0.2, 0.25) is 0 Å². The van der Waals surface area contributed by atoms with Crippen molar-refractivity contribution in [3.05, 3.63) is 28.1 Å². The Bertz CT molecular complexity index is 534. The van der Waals surface area contributed by atoms with Gasteiger partial charge in [-0.15, -0.1) is 0 Å². The molecular weight excluding hydrogens is 265 g/mol. The minimum absolute atomic E-state index is 0.0720. The summed E-state index contributed by atoms with van der Waals surface area (Å²) in [5.41, 5.74) is -0.162. The molecule has 0 aliphatic carbocycles. The number of benzene rings is 1. The third-order valence-electron chi connectivity index (χ3n) is 3.36. The second-order valence-electron chi connectivity index (χ2n) is 5.46. The number of nitrogens with zero attached hydrogens (tertiary/aromatic N) is 2. The Balaban J connectivity index is 2.39. The van der Waals surface area contributed by atoms with E-state index in [0.717, 1.165) is 12.6 Å². The number of ether oxygens (including phenoxy) is 1. The van der Waals surface area contributed by atoms with E-state index in [9.17, 15) is 14.5 Å². The Morgan fingerprint density at radius 1 is 1.50 bits per heavy atom. The van der Waals surface area contributed by atoms with Crippen LogP contribution in [0.4, 0.5) is 15.8 Å². The van der Waals surface area contributed by atoms with Crippen LogP contribution in [-0.2, 0) is 0 Å². The Labute approximate surface area is 116 Å². The highest BCUT2D eigenvalue weighted by Crippen LogP contribution is 2.34. The normalized spacial score (nSPS) is 17.9. The predicted molar refractivity (Wildman–Crippen MR) is 73.9 cm³/mol. The summed E-state index contributed by atoms with van der Waals surface area (Å²) in [6, 6.07) is 2.32. The number of nitro groups is 1. The fourth-order valence-corrected chi connectivity index (χ4v) is 2.43. The third-order valence-corrected chi connectivity index (χ3v) is 3.36. The minimum atomic E-state index is -0.645. The Kier molecular flexibility index (Phi) is 3.80. The molecule has 0 atom stereocenters. The summed E-state index contributed by atoms with van der Waals surface area (Å²) in [6.45, 7) is 6.04. The van der Waals surface area contributed by atoms with Crippen molar-refractivity contribution in [2.45, 2.75) is 19.4 Å². The zero-order valence-corrected chi connectivity index (χ0v) is 11.8. The van der Waals surface area contributed by atoms with Crippen LogP contribution in [-0.4, -0.2) is 37.2 Å². The molecule has 0 radical (unpaired) electrons. The lowest BCUT2D eigenvalue weighted by Crippen LogP contribution is -2.57. The maximum absolute atomic E-state index is 14.1. The molecule has 0 saturated carbocycles. The largest absolute Gasteiger partial charge is 0.490 e. The standard InChI is InChI=1S/C13H18FN3O3/c1-13(2)8-16(5-4-15-13)10-7-12(20-3)11(17(18)19)6-9(10)14/h6-7,15H,4-5,8H2,1-3H3. The summed E-state index contributed by atoms with van der Waals surface area (Å²) >= 11 is 0. The molecule has 0 unspecified atom stereocenters. The van der Waals surface area contributed by atoms with Crippen LogP contribution in [0.1, 0.15) is 13.8 Å². The molecule has 7 heteroatoms. The van der Waals surface area contributed by atoms with Gasteiger partial charge < -0.3 is 15.0 Å². The molecule has 0 spiro atoms. The lowest BCUT2D eigenvalue weighted by molar-refractivity contribution is -0.385. The first-order valence-electron chi connectivity index (χ1n) is 6.36. The number of nitro benzene ring substituents is 1. The number of methoxy groups -OCH3 is 1. The van der Waals surface area contributed by atoms with Crippen LogP contribution in [0.15, 0.2) is 12.1 Å². The molecule has 1 aromatic carbocycles. The molecule has 1 aliphatic heterocycles. The van der Waals surface area contributed by atoms with Gasteiger partial charge in [0.1, 0.15) is 0 Å². The number of nitrogens with one attached hydrogen (secondary N) is 1. The van der Waals surface area contributed by atoms with Crippen molar-refractivity contribution in [1.82, 2.24) is 5.32 Å². The van der Waals surface area contributed by atoms with E-state index in [4.69, 9.17) is 4.74 Å². The van der Waals surface area contributed by atoms with Crippen molar-refractivity contribution in [2.75, 3.05) is 31.6 Å². The second kappa shape index (κ2) is 5.24. The van der Waals surface area contributed by atoms with Gasteiger partial charge in [-0.25, -0.2) is 4.39 Å². The number of hydrogen-bond donors (Lipinski definition) is 1. The second-order valence-corrected chi connectivity index (χ2v) is 5.46. The van der Waals surface area contributed by atoms with Gasteiger partial charge in [0, 0.05) is 31.2 Å². The van der Waals surface area contributed by atoms with Crippen molar-refractivity contribution in [3.63, 3.8) is 0 Å². The number of hydrogen-bond acceptors (Lipinski definition) is 5. The maximum Gasteiger partial charge on any atom is 0.313 e. The SMILES string of the molecule is COc1cc(N2CCNC(C)(C)C2)c(F)cc1[N+](=O)[O-]. The van der Waals surface area contributed by atoms with Gasteiger partial charge in [0.05, 0.1) is 23.8 Å². The van der Waals surface area contributed by atoms with Gasteiger partial charge in [-0.3, -0.25) is 10.1 Å². The van der Waals surface area contributed by atoms with Crippen LogP contribution in [0.5, 0.6) is 5.75 Å². The van der Waals surface area contributed by atoms with Crippen LogP contribution in [0.3, 0.4) is 0 Å². The number of rotatable bonds is 3. The first-order valence-corrected chi connectivity index (χ1v) is 6.36. The number of piperazine rings is 1. The summed E-state index contributed by atoms with van der Waals surface area (Å²) in [6.07, 6.45) is 0. The van der Waals surface area contributed by atoms with Crippen LogP contribution in [0.25, 0.3) is 0 Å². The quantitative estimate of drug-likeness (QED) is 0.678. The van der Waals surface area contributed by atoms with Crippen molar-refractivity contribution in [2.24, 2.45) is 0 Å². The van der Waals surface area contributed by atoms with E-state index in [1.807, 2.05) is 18.7 Å².